The molecule has 1 amide bonds. The minimum atomic E-state index is -0.145. The van der Waals surface area contributed by atoms with Crippen molar-refractivity contribution in [1.82, 2.24) is 20.0 Å². The third-order valence-electron chi connectivity index (χ3n) is 4.50. The minimum absolute atomic E-state index is 0.0820. The number of hydrogen-bond donors (Lipinski definition) is 1. The highest BCUT2D eigenvalue weighted by Gasteiger charge is 2.33. The fourth-order valence-corrected chi connectivity index (χ4v) is 3.81. The number of rotatable bonds is 5. The molecule has 2 N–H and O–H groups in total. The molecule has 1 unspecified atom stereocenters. The molecule has 1 aliphatic rings. The van der Waals surface area contributed by atoms with E-state index in [1.807, 2.05) is 40.6 Å². The molecule has 0 spiro atoms. The molecule has 7 nitrogen and oxygen atoms in total. The van der Waals surface area contributed by atoms with E-state index in [0.29, 0.717) is 36.2 Å². The van der Waals surface area contributed by atoms with Gasteiger partial charge in [-0.05, 0) is 19.3 Å². The molecule has 134 valence electrons. The summed E-state index contributed by atoms with van der Waals surface area (Å²) in [5.41, 5.74) is 7.40. The average molecular weight is 369 g/mol. The molecule has 4 rings (SSSR count). The number of likely N-dealkylation sites (tertiary alicyclic amines) is 1. The van der Waals surface area contributed by atoms with E-state index >= 15 is 0 Å². The second-order valence-electron chi connectivity index (χ2n) is 6.24. The van der Waals surface area contributed by atoms with Gasteiger partial charge >= 0.3 is 0 Å². The van der Waals surface area contributed by atoms with Gasteiger partial charge in [-0.15, -0.1) is 11.3 Å². The summed E-state index contributed by atoms with van der Waals surface area (Å²) < 4.78 is 5.47. The van der Waals surface area contributed by atoms with Crippen molar-refractivity contribution in [3.05, 3.63) is 47.3 Å². The second-order valence-corrected chi connectivity index (χ2v) is 7.13. The van der Waals surface area contributed by atoms with Crippen LogP contribution in [0.1, 0.15) is 36.9 Å². The van der Waals surface area contributed by atoms with Crippen LogP contribution in [-0.4, -0.2) is 32.5 Å². The largest absolute Gasteiger partial charge is 0.375 e. The van der Waals surface area contributed by atoms with Gasteiger partial charge < -0.3 is 15.2 Å². The molecule has 0 saturated carbocycles. The number of aromatic nitrogens is 3. The summed E-state index contributed by atoms with van der Waals surface area (Å²) in [4.78, 5) is 23.2. The van der Waals surface area contributed by atoms with Gasteiger partial charge in [0.1, 0.15) is 6.04 Å². The Morgan fingerprint density at radius 3 is 2.92 bits per heavy atom. The maximum Gasteiger partial charge on any atom is 0.249 e. The van der Waals surface area contributed by atoms with E-state index in [0.717, 1.165) is 24.1 Å². The van der Waals surface area contributed by atoms with E-state index in [1.54, 1.807) is 0 Å². The van der Waals surface area contributed by atoms with E-state index in [4.69, 9.17) is 10.3 Å². The smallest absolute Gasteiger partial charge is 0.249 e. The molecule has 1 fully saturated rings. The van der Waals surface area contributed by atoms with Crippen molar-refractivity contribution in [1.29, 1.82) is 0 Å². The quantitative estimate of drug-likeness (QED) is 0.742. The van der Waals surface area contributed by atoms with Crippen LogP contribution in [0, 0.1) is 0 Å². The highest BCUT2D eigenvalue weighted by atomic mass is 32.1. The number of nitrogen functional groups attached to an aromatic ring is 1. The molecule has 1 aliphatic heterocycles. The topological polar surface area (TPSA) is 98.1 Å². The lowest BCUT2D eigenvalue weighted by molar-refractivity contribution is -0.132. The van der Waals surface area contributed by atoms with E-state index in [1.165, 1.54) is 11.3 Å². The molecule has 1 aromatic carbocycles. The molecular weight excluding hydrogens is 350 g/mol. The first-order valence-electron chi connectivity index (χ1n) is 8.59. The molecule has 0 aliphatic carbocycles. The molecule has 3 heterocycles. The van der Waals surface area contributed by atoms with Crippen molar-refractivity contribution in [2.24, 2.45) is 0 Å². The Morgan fingerprint density at radius 2 is 2.15 bits per heavy atom. The van der Waals surface area contributed by atoms with Crippen molar-refractivity contribution in [3.8, 4) is 11.4 Å². The number of carbonyl (C=O) groups excluding carboxylic acids is 1. The van der Waals surface area contributed by atoms with Gasteiger partial charge in [-0.2, -0.15) is 4.98 Å². The van der Waals surface area contributed by atoms with Gasteiger partial charge in [0, 0.05) is 23.9 Å². The normalized spacial score (nSPS) is 16.9. The fourth-order valence-electron chi connectivity index (χ4n) is 3.21. The SMILES string of the molecule is Nc1nc(CCC(=O)N2CCCC2c2nc(-c3ccccc3)no2)cs1. The fraction of sp³-hybridized carbons (Fsp3) is 0.333. The van der Waals surface area contributed by atoms with Gasteiger partial charge in [0.2, 0.25) is 17.6 Å². The number of hydrogen-bond acceptors (Lipinski definition) is 7. The molecule has 3 aromatic rings. The highest BCUT2D eigenvalue weighted by Crippen LogP contribution is 2.32. The Hall–Kier alpha value is -2.74. The van der Waals surface area contributed by atoms with E-state index in [2.05, 4.69) is 15.1 Å². The van der Waals surface area contributed by atoms with Crippen LogP contribution in [0.25, 0.3) is 11.4 Å². The molecule has 2 aromatic heterocycles. The lowest BCUT2D eigenvalue weighted by Gasteiger charge is -2.21. The summed E-state index contributed by atoms with van der Waals surface area (Å²) in [6, 6.07) is 9.53. The second kappa shape index (κ2) is 7.25. The maximum atomic E-state index is 12.7. The van der Waals surface area contributed by atoms with Crippen molar-refractivity contribution in [2.75, 3.05) is 12.3 Å². The third-order valence-corrected chi connectivity index (χ3v) is 5.22. The molecule has 8 heteroatoms. The summed E-state index contributed by atoms with van der Waals surface area (Å²) in [7, 11) is 0. The van der Waals surface area contributed by atoms with Crippen molar-refractivity contribution in [3.63, 3.8) is 0 Å². The van der Waals surface area contributed by atoms with Crippen LogP contribution in [0.5, 0.6) is 0 Å². The Bertz CT molecular complexity index is 892. The lowest BCUT2D eigenvalue weighted by Crippen LogP contribution is -2.30. The van der Waals surface area contributed by atoms with Gasteiger partial charge in [-0.3, -0.25) is 4.79 Å². The molecule has 0 radical (unpaired) electrons. The molecule has 26 heavy (non-hydrogen) atoms. The number of anilines is 1. The van der Waals surface area contributed by atoms with Gasteiger partial charge in [-0.1, -0.05) is 35.5 Å². The zero-order chi connectivity index (χ0) is 17.9. The predicted octanol–water partition coefficient (Wildman–Crippen LogP) is 3.07. The summed E-state index contributed by atoms with van der Waals surface area (Å²) in [6.45, 7) is 0.714. The predicted molar refractivity (Wildman–Crippen MR) is 98.3 cm³/mol. The number of nitrogens with two attached hydrogens (primary N) is 1. The van der Waals surface area contributed by atoms with Gasteiger partial charge in [-0.25, -0.2) is 4.98 Å². The van der Waals surface area contributed by atoms with Crippen molar-refractivity contribution >= 4 is 22.4 Å². The first kappa shape index (κ1) is 16.7. The Labute approximate surface area is 154 Å². The van der Waals surface area contributed by atoms with Crippen LogP contribution in [0.4, 0.5) is 5.13 Å². The van der Waals surface area contributed by atoms with Crippen molar-refractivity contribution < 1.29 is 9.32 Å². The summed E-state index contributed by atoms with van der Waals surface area (Å²) in [6.07, 6.45) is 2.77. The monoisotopic (exact) mass is 369 g/mol. The van der Waals surface area contributed by atoms with Crippen molar-refractivity contribution in [2.45, 2.75) is 31.7 Å². The standard InChI is InChI=1S/C18H19N5O2S/c19-18-20-13(11-26-18)8-9-15(24)23-10-4-7-14(23)17-21-16(22-25-17)12-5-2-1-3-6-12/h1-3,5-6,11,14H,4,7-10H2,(H2,19,20). The lowest BCUT2D eigenvalue weighted by atomic mass is 10.2. The van der Waals surface area contributed by atoms with E-state index < -0.39 is 0 Å². The Morgan fingerprint density at radius 1 is 1.31 bits per heavy atom. The first-order chi connectivity index (χ1) is 12.7. The first-order valence-corrected chi connectivity index (χ1v) is 9.47. The van der Waals surface area contributed by atoms with Crippen LogP contribution in [0.15, 0.2) is 40.2 Å². The number of thiazole rings is 1. The number of aryl methyl sites for hydroxylation is 1. The molecule has 0 bridgehead atoms. The molecule has 1 saturated heterocycles. The molecule has 1 atom stereocenters. The number of benzene rings is 1. The third kappa shape index (κ3) is 3.45. The number of nitrogens with zero attached hydrogens (tertiary/aromatic N) is 4. The zero-order valence-electron chi connectivity index (χ0n) is 14.2. The van der Waals surface area contributed by atoms with Crippen LogP contribution < -0.4 is 5.73 Å². The van der Waals surface area contributed by atoms with Gasteiger partial charge in [0.25, 0.3) is 0 Å². The van der Waals surface area contributed by atoms with Crippen LogP contribution >= 0.6 is 11.3 Å². The van der Waals surface area contributed by atoms with E-state index in [-0.39, 0.29) is 11.9 Å². The zero-order valence-corrected chi connectivity index (χ0v) is 15.0. The van der Waals surface area contributed by atoms with Gasteiger partial charge in [0.05, 0.1) is 5.69 Å². The Balaban J connectivity index is 1.44. The summed E-state index contributed by atoms with van der Waals surface area (Å²) >= 11 is 1.39. The number of carbonyl (C=O) groups is 1. The van der Waals surface area contributed by atoms with Crippen LogP contribution in [0.3, 0.4) is 0 Å². The van der Waals surface area contributed by atoms with Crippen LogP contribution in [0.2, 0.25) is 0 Å². The highest BCUT2D eigenvalue weighted by molar-refractivity contribution is 7.13. The number of amides is 1. The maximum absolute atomic E-state index is 12.7. The Kier molecular flexibility index (Phi) is 4.66. The summed E-state index contributed by atoms with van der Waals surface area (Å²) in [5, 5.41) is 6.50. The van der Waals surface area contributed by atoms with E-state index in [9.17, 15) is 4.79 Å². The summed E-state index contributed by atoms with van der Waals surface area (Å²) in [5.74, 6) is 1.14. The van der Waals surface area contributed by atoms with Gasteiger partial charge in [0.15, 0.2) is 5.13 Å². The average Bonchev–Trinajstić information content (AvgIpc) is 3.40. The molecular formula is C18H19N5O2S. The minimum Gasteiger partial charge on any atom is -0.375 e. The van der Waals surface area contributed by atoms with Crippen LogP contribution in [-0.2, 0) is 11.2 Å².